The lowest BCUT2D eigenvalue weighted by Crippen LogP contribution is -2.30. The number of benzene rings is 1. The molecule has 0 spiro atoms. The molecule has 0 unspecified atom stereocenters. The van der Waals surface area contributed by atoms with E-state index in [4.69, 9.17) is 0 Å². The van der Waals surface area contributed by atoms with Crippen LogP contribution in [0.1, 0.15) is 26.3 Å². The Bertz CT molecular complexity index is 236. The minimum absolute atomic E-state index is 0.152. The summed E-state index contributed by atoms with van der Waals surface area (Å²) in [7, 11) is 0. The molecule has 1 rings (SSSR count). The molecular formula is C11H16O. The molecule has 1 heteroatoms. The predicted molar refractivity (Wildman–Crippen MR) is 51.1 cm³/mol. The third-order valence-corrected chi connectivity index (χ3v) is 2.56. The van der Waals surface area contributed by atoms with Crippen molar-refractivity contribution in [1.82, 2.24) is 0 Å². The van der Waals surface area contributed by atoms with Gasteiger partial charge in [0.25, 0.3) is 0 Å². The first kappa shape index (κ1) is 9.27. The van der Waals surface area contributed by atoms with Crippen molar-refractivity contribution in [1.29, 1.82) is 0 Å². The SMILES string of the molecule is C[C@H](O)C(C)(C)c1ccccc1. The summed E-state index contributed by atoms with van der Waals surface area (Å²) >= 11 is 0. The van der Waals surface area contributed by atoms with Crippen molar-refractivity contribution in [2.24, 2.45) is 0 Å². The monoisotopic (exact) mass is 164 g/mol. The molecule has 0 saturated heterocycles. The van der Waals surface area contributed by atoms with Gasteiger partial charge in [-0.15, -0.1) is 0 Å². The minimum Gasteiger partial charge on any atom is -0.393 e. The zero-order valence-electron chi connectivity index (χ0n) is 7.91. The van der Waals surface area contributed by atoms with Gasteiger partial charge in [0.2, 0.25) is 0 Å². The van der Waals surface area contributed by atoms with Gasteiger partial charge in [0.05, 0.1) is 6.10 Å². The van der Waals surface area contributed by atoms with Gasteiger partial charge in [-0.1, -0.05) is 44.2 Å². The van der Waals surface area contributed by atoms with E-state index in [-0.39, 0.29) is 11.5 Å². The van der Waals surface area contributed by atoms with Gasteiger partial charge in [0, 0.05) is 5.41 Å². The third kappa shape index (κ3) is 1.67. The largest absolute Gasteiger partial charge is 0.393 e. The molecule has 0 aliphatic carbocycles. The summed E-state index contributed by atoms with van der Waals surface area (Å²) in [5, 5.41) is 9.53. The van der Waals surface area contributed by atoms with E-state index in [2.05, 4.69) is 0 Å². The second-order valence-electron chi connectivity index (χ2n) is 3.76. The summed E-state index contributed by atoms with van der Waals surface area (Å²) < 4.78 is 0. The number of aliphatic hydroxyl groups is 1. The van der Waals surface area contributed by atoms with Crippen LogP contribution in [0, 0.1) is 0 Å². The van der Waals surface area contributed by atoms with E-state index < -0.39 is 0 Å². The molecule has 0 aliphatic heterocycles. The number of hydrogen-bond acceptors (Lipinski definition) is 1. The van der Waals surface area contributed by atoms with Crippen LogP contribution in [0.5, 0.6) is 0 Å². The summed E-state index contributed by atoms with van der Waals surface area (Å²) in [5.41, 5.74) is 1.03. The van der Waals surface area contributed by atoms with Gasteiger partial charge < -0.3 is 5.11 Å². The second-order valence-corrected chi connectivity index (χ2v) is 3.76. The Morgan fingerprint density at radius 1 is 1.17 bits per heavy atom. The Balaban J connectivity index is 2.98. The van der Waals surface area contributed by atoms with Crippen LogP contribution < -0.4 is 0 Å². The van der Waals surface area contributed by atoms with Crippen molar-refractivity contribution in [3.05, 3.63) is 35.9 Å². The Kier molecular flexibility index (Phi) is 2.53. The van der Waals surface area contributed by atoms with Crippen molar-refractivity contribution in [3.8, 4) is 0 Å². The molecule has 0 amide bonds. The van der Waals surface area contributed by atoms with Crippen molar-refractivity contribution < 1.29 is 5.11 Å². The highest BCUT2D eigenvalue weighted by atomic mass is 16.3. The van der Waals surface area contributed by atoms with Crippen LogP contribution in [0.25, 0.3) is 0 Å². The molecule has 1 N–H and O–H groups in total. The average molecular weight is 164 g/mol. The van der Waals surface area contributed by atoms with Crippen LogP contribution in [0.3, 0.4) is 0 Å². The molecule has 0 saturated carbocycles. The lowest BCUT2D eigenvalue weighted by molar-refractivity contribution is 0.118. The topological polar surface area (TPSA) is 20.2 Å². The number of rotatable bonds is 2. The molecule has 12 heavy (non-hydrogen) atoms. The Hall–Kier alpha value is -0.820. The maximum Gasteiger partial charge on any atom is 0.0603 e. The molecule has 0 aliphatic rings. The fourth-order valence-electron chi connectivity index (χ4n) is 1.11. The highest BCUT2D eigenvalue weighted by molar-refractivity contribution is 5.24. The van der Waals surface area contributed by atoms with Crippen LogP contribution in [-0.2, 0) is 5.41 Å². The van der Waals surface area contributed by atoms with Gasteiger partial charge in [-0.25, -0.2) is 0 Å². The van der Waals surface area contributed by atoms with E-state index in [0.29, 0.717) is 0 Å². The minimum atomic E-state index is -0.320. The maximum absolute atomic E-state index is 9.53. The van der Waals surface area contributed by atoms with E-state index in [0.717, 1.165) is 0 Å². The molecule has 0 bridgehead atoms. The zero-order valence-corrected chi connectivity index (χ0v) is 7.91. The van der Waals surface area contributed by atoms with Gasteiger partial charge in [-0.2, -0.15) is 0 Å². The smallest absolute Gasteiger partial charge is 0.0603 e. The van der Waals surface area contributed by atoms with E-state index in [1.165, 1.54) is 5.56 Å². The molecule has 0 fully saturated rings. The average Bonchev–Trinajstić information content (AvgIpc) is 2.06. The predicted octanol–water partition coefficient (Wildman–Crippen LogP) is 2.35. The summed E-state index contributed by atoms with van der Waals surface area (Å²) in [4.78, 5) is 0. The van der Waals surface area contributed by atoms with Gasteiger partial charge in [-0.05, 0) is 12.5 Å². The Morgan fingerprint density at radius 2 is 1.67 bits per heavy atom. The highest BCUT2D eigenvalue weighted by Crippen LogP contribution is 2.26. The van der Waals surface area contributed by atoms with Crippen LogP contribution in [0.4, 0.5) is 0 Å². The summed E-state index contributed by atoms with van der Waals surface area (Å²) in [6.45, 7) is 5.92. The molecule has 1 aromatic rings. The van der Waals surface area contributed by atoms with Crippen molar-refractivity contribution in [3.63, 3.8) is 0 Å². The van der Waals surface area contributed by atoms with E-state index >= 15 is 0 Å². The first-order valence-electron chi connectivity index (χ1n) is 4.28. The fraction of sp³-hybridized carbons (Fsp3) is 0.455. The molecule has 0 heterocycles. The van der Waals surface area contributed by atoms with Crippen LogP contribution in [0.2, 0.25) is 0 Å². The quantitative estimate of drug-likeness (QED) is 0.711. The molecule has 1 nitrogen and oxygen atoms in total. The molecule has 1 aromatic carbocycles. The van der Waals surface area contributed by atoms with Gasteiger partial charge in [0.1, 0.15) is 0 Å². The lowest BCUT2D eigenvalue weighted by atomic mass is 9.80. The first-order valence-corrected chi connectivity index (χ1v) is 4.28. The number of hydrogen-bond donors (Lipinski definition) is 1. The van der Waals surface area contributed by atoms with E-state index in [1.54, 1.807) is 0 Å². The van der Waals surface area contributed by atoms with Crippen LogP contribution in [-0.4, -0.2) is 11.2 Å². The van der Waals surface area contributed by atoms with Crippen molar-refractivity contribution in [2.45, 2.75) is 32.3 Å². The normalized spacial score (nSPS) is 14.3. The van der Waals surface area contributed by atoms with E-state index in [1.807, 2.05) is 51.1 Å². The van der Waals surface area contributed by atoms with Crippen LogP contribution in [0.15, 0.2) is 30.3 Å². The summed E-state index contributed by atoms with van der Waals surface area (Å²) in [5.74, 6) is 0. The molecule has 0 radical (unpaired) electrons. The van der Waals surface area contributed by atoms with Crippen molar-refractivity contribution in [2.75, 3.05) is 0 Å². The van der Waals surface area contributed by atoms with Gasteiger partial charge in [0.15, 0.2) is 0 Å². The lowest BCUT2D eigenvalue weighted by Gasteiger charge is -2.28. The molecule has 66 valence electrons. The highest BCUT2D eigenvalue weighted by Gasteiger charge is 2.25. The second kappa shape index (κ2) is 3.28. The Labute approximate surface area is 74.1 Å². The summed E-state index contributed by atoms with van der Waals surface area (Å²) in [6.07, 6.45) is -0.320. The standard InChI is InChI=1S/C11H16O/c1-9(12)11(2,3)10-7-5-4-6-8-10/h4-9,12H,1-3H3/t9-/m0/s1. The molecule has 1 atom stereocenters. The molecule has 0 aromatic heterocycles. The maximum atomic E-state index is 9.53. The van der Waals surface area contributed by atoms with Crippen molar-refractivity contribution >= 4 is 0 Å². The van der Waals surface area contributed by atoms with E-state index in [9.17, 15) is 5.11 Å². The summed E-state index contributed by atoms with van der Waals surface area (Å²) in [6, 6.07) is 10.1. The first-order chi connectivity index (χ1) is 5.55. The van der Waals surface area contributed by atoms with Gasteiger partial charge >= 0.3 is 0 Å². The third-order valence-electron chi connectivity index (χ3n) is 2.56. The fourth-order valence-corrected chi connectivity index (χ4v) is 1.11. The van der Waals surface area contributed by atoms with Crippen LogP contribution >= 0.6 is 0 Å². The zero-order chi connectivity index (χ0) is 9.19. The Morgan fingerprint density at radius 3 is 2.08 bits per heavy atom. The number of aliphatic hydroxyl groups excluding tert-OH is 1. The van der Waals surface area contributed by atoms with Gasteiger partial charge in [-0.3, -0.25) is 0 Å². The molecular weight excluding hydrogens is 148 g/mol.